The van der Waals surface area contributed by atoms with Crippen molar-refractivity contribution in [2.75, 3.05) is 0 Å². The molecule has 0 spiro atoms. The minimum atomic E-state index is -0.481. The lowest BCUT2D eigenvalue weighted by molar-refractivity contribution is -0.122. The number of rotatable bonds is 6. The maximum absolute atomic E-state index is 11.8. The molecule has 0 aliphatic heterocycles. The van der Waals surface area contributed by atoms with Gasteiger partial charge in [-0.25, -0.2) is 4.98 Å². The second kappa shape index (κ2) is 7.04. The summed E-state index contributed by atoms with van der Waals surface area (Å²) in [6, 6.07) is 9.14. The quantitative estimate of drug-likeness (QED) is 0.854. The lowest BCUT2D eigenvalue weighted by atomic mass is 10.0. The molecular formula is C16H21N3O2. The first-order chi connectivity index (χ1) is 10.1. The van der Waals surface area contributed by atoms with E-state index in [0.29, 0.717) is 30.5 Å². The normalized spacial score (nSPS) is 12.4. The first-order valence-corrected chi connectivity index (χ1v) is 7.09. The van der Waals surface area contributed by atoms with Crippen LogP contribution < -0.4 is 11.1 Å². The van der Waals surface area contributed by atoms with Gasteiger partial charge in [0.1, 0.15) is 6.26 Å². The van der Waals surface area contributed by atoms with Crippen LogP contribution in [0.15, 0.2) is 41.0 Å². The van der Waals surface area contributed by atoms with Crippen molar-refractivity contribution < 1.29 is 9.21 Å². The average Bonchev–Trinajstić information content (AvgIpc) is 2.94. The summed E-state index contributed by atoms with van der Waals surface area (Å²) in [6.45, 7) is 4.40. The second-order valence-corrected chi connectivity index (χ2v) is 5.46. The second-order valence-electron chi connectivity index (χ2n) is 5.46. The van der Waals surface area contributed by atoms with E-state index in [1.807, 2.05) is 44.2 Å². The molecule has 3 N–H and O–H groups in total. The Balaban J connectivity index is 1.90. The molecule has 1 atom stereocenters. The molecular weight excluding hydrogens is 266 g/mol. The molecule has 0 bridgehead atoms. The molecule has 0 saturated heterocycles. The SMILES string of the molecule is CC(C)C[C@H](N)C(=O)NCc1coc(-c2ccccc2)n1. The van der Waals surface area contributed by atoms with Crippen LogP contribution >= 0.6 is 0 Å². The molecule has 0 radical (unpaired) electrons. The monoisotopic (exact) mass is 287 g/mol. The van der Waals surface area contributed by atoms with Crippen LogP contribution in [0.1, 0.15) is 26.0 Å². The molecule has 0 aliphatic carbocycles. The highest BCUT2D eigenvalue weighted by molar-refractivity contribution is 5.81. The van der Waals surface area contributed by atoms with Gasteiger partial charge in [0.2, 0.25) is 11.8 Å². The fourth-order valence-corrected chi connectivity index (χ4v) is 2.03. The number of carbonyl (C=O) groups is 1. The molecule has 0 unspecified atom stereocenters. The van der Waals surface area contributed by atoms with E-state index in [4.69, 9.17) is 10.2 Å². The van der Waals surface area contributed by atoms with Gasteiger partial charge in [-0.15, -0.1) is 0 Å². The number of oxazole rings is 1. The number of benzene rings is 1. The molecule has 5 nitrogen and oxygen atoms in total. The molecule has 21 heavy (non-hydrogen) atoms. The van der Waals surface area contributed by atoms with Crippen molar-refractivity contribution in [3.8, 4) is 11.5 Å². The van der Waals surface area contributed by atoms with Gasteiger partial charge in [-0.1, -0.05) is 32.0 Å². The van der Waals surface area contributed by atoms with Crippen molar-refractivity contribution in [3.63, 3.8) is 0 Å². The third-order valence-electron chi connectivity index (χ3n) is 3.08. The Hall–Kier alpha value is -2.14. The van der Waals surface area contributed by atoms with Crippen LogP contribution in [0.5, 0.6) is 0 Å². The van der Waals surface area contributed by atoms with E-state index in [1.54, 1.807) is 6.26 Å². The highest BCUT2D eigenvalue weighted by atomic mass is 16.3. The van der Waals surface area contributed by atoms with Gasteiger partial charge >= 0.3 is 0 Å². The van der Waals surface area contributed by atoms with Gasteiger partial charge in [-0.05, 0) is 24.5 Å². The van der Waals surface area contributed by atoms with E-state index >= 15 is 0 Å². The summed E-state index contributed by atoms with van der Waals surface area (Å²) in [5, 5.41) is 2.78. The Morgan fingerprint density at radius 3 is 2.71 bits per heavy atom. The van der Waals surface area contributed by atoms with Gasteiger partial charge in [0.05, 0.1) is 18.3 Å². The van der Waals surface area contributed by atoms with Gasteiger partial charge in [0, 0.05) is 5.56 Å². The fraction of sp³-hybridized carbons (Fsp3) is 0.375. The Bertz CT molecular complexity index is 578. The number of aromatic nitrogens is 1. The molecule has 2 aromatic rings. The predicted molar refractivity (Wildman–Crippen MR) is 81.2 cm³/mol. The lowest BCUT2D eigenvalue weighted by Gasteiger charge is -2.13. The molecule has 1 aromatic carbocycles. The Morgan fingerprint density at radius 1 is 1.33 bits per heavy atom. The molecule has 0 fully saturated rings. The maximum Gasteiger partial charge on any atom is 0.237 e. The summed E-state index contributed by atoms with van der Waals surface area (Å²) < 4.78 is 5.41. The molecule has 2 rings (SSSR count). The zero-order chi connectivity index (χ0) is 15.2. The van der Waals surface area contributed by atoms with Crippen molar-refractivity contribution in [2.24, 2.45) is 11.7 Å². The number of hydrogen-bond acceptors (Lipinski definition) is 4. The molecule has 1 amide bonds. The van der Waals surface area contributed by atoms with Crippen LogP contribution in [0.3, 0.4) is 0 Å². The minimum absolute atomic E-state index is 0.159. The summed E-state index contributed by atoms with van der Waals surface area (Å²) in [4.78, 5) is 16.2. The van der Waals surface area contributed by atoms with Crippen molar-refractivity contribution in [2.45, 2.75) is 32.9 Å². The third-order valence-corrected chi connectivity index (χ3v) is 3.08. The first-order valence-electron chi connectivity index (χ1n) is 7.09. The zero-order valence-corrected chi connectivity index (χ0v) is 12.4. The van der Waals surface area contributed by atoms with Crippen molar-refractivity contribution in [1.82, 2.24) is 10.3 Å². The third kappa shape index (κ3) is 4.43. The van der Waals surface area contributed by atoms with E-state index in [1.165, 1.54) is 0 Å². The summed E-state index contributed by atoms with van der Waals surface area (Å²) in [6.07, 6.45) is 2.22. The Labute approximate surface area is 124 Å². The lowest BCUT2D eigenvalue weighted by Crippen LogP contribution is -2.41. The highest BCUT2D eigenvalue weighted by Gasteiger charge is 2.15. The van der Waals surface area contributed by atoms with E-state index in [2.05, 4.69) is 10.3 Å². The molecule has 1 aromatic heterocycles. The van der Waals surface area contributed by atoms with E-state index in [-0.39, 0.29) is 5.91 Å². The molecule has 5 heteroatoms. The molecule has 0 saturated carbocycles. The van der Waals surface area contributed by atoms with Gasteiger partial charge in [-0.2, -0.15) is 0 Å². The van der Waals surface area contributed by atoms with Crippen LogP contribution in [0.4, 0.5) is 0 Å². The van der Waals surface area contributed by atoms with Gasteiger partial charge in [-0.3, -0.25) is 4.79 Å². The summed E-state index contributed by atoms with van der Waals surface area (Å²) in [5.41, 5.74) is 7.41. The number of carbonyl (C=O) groups excluding carboxylic acids is 1. The number of nitrogens with zero attached hydrogens (tertiary/aromatic N) is 1. The van der Waals surface area contributed by atoms with E-state index < -0.39 is 6.04 Å². The molecule has 0 aliphatic rings. The largest absolute Gasteiger partial charge is 0.444 e. The van der Waals surface area contributed by atoms with E-state index in [0.717, 1.165) is 5.56 Å². The van der Waals surface area contributed by atoms with Crippen molar-refractivity contribution in [3.05, 3.63) is 42.3 Å². The average molecular weight is 287 g/mol. The Morgan fingerprint density at radius 2 is 2.05 bits per heavy atom. The predicted octanol–water partition coefficient (Wildman–Crippen LogP) is 2.33. The fourth-order valence-electron chi connectivity index (χ4n) is 2.03. The summed E-state index contributed by atoms with van der Waals surface area (Å²) in [7, 11) is 0. The summed E-state index contributed by atoms with van der Waals surface area (Å²) >= 11 is 0. The zero-order valence-electron chi connectivity index (χ0n) is 12.4. The summed E-state index contributed by atoms with van der Waals surface area (Å²) in [5.74, 6) is 0.779. The smallest absolute Gasteiger partial charge is 0.237 e. The molecule has 1 heterocycles. The van der Waals surface area contributed by atoms with Crippen LogP contribution in [-0.4, -0.2) is 16.9 Å². The number of hydrogen-bond donors (Lipinski definition) is 2. The maximum atomic E-state index is 11.8. The van der Waals surface area contributed by atoms with Crippen LogP contribution in [0, 0.1) is 5.92 Å². The minimum Gasteiger partial charge on any atom is -0.444 e. The topological polar surface area (TPSA) is 81.2 Å². The van der Waals surface area contributed by atoms with Crippen LogP contribution in [-0.2, 0) is 11.3 Å². The van der Waals surface area contributed by atoms with E-state index in [9.17, 15) is 4.79 Å². The standard InChI is InChI=1S/C16H21N3O2/c1-11(2)8-14(17)15(20)18-9-13-10-21-16(19-13)12-6-4-3-5-7-12/h3-7,10-11,14H,8-9,17H2,1-2H3,(H,18,20)/t14-/m0/s1. The van der Waals surface area contributed by atoms with Crippen molar-refractivity contribution in [1.29, 1.82) is 0 Å². The van der Waals surface area contributed by atoms with Crippen LogP contribution in [0.2, 0.25) is 0 Å². The van der Waals surface area contributed by atoms with Gasteiger partial charge in [0.15, 0.2) is 0 Å². The molecule has 112 valence electrons. The van der Waals surface area contributed by atoms with Gasteiger partial charge in [0.25, 0.3) is 0 Å². The van der Waals surface area contributed by atoms with Gasteiger partial charge < -0.3 is 15.5 Å². The van der Waals surface area contributed by atoms with Crippen molar-refractivity contribution >= 4 is 5.91 Å². The number of amides is 1. The Kier molecular flexibility index (Phi) is 5.11. The number of nitrogens with one attached hydrogen (secondary N) is 1. The highest BCUT2D eigenvalue weighted by Crippen LogP contribution is 2.17. The van der Waals surface area contributed by atoms with Crippen LogP contribution in [0.25, 0.3) is 11.5 Å². The first kappa shape index (κ1) is 15.3. The number of nitrogens with two attached hydrogens (primary N) is 1.